The Morgan fingerprint density at radius 2 is 1.92 bits per heavy atom. The highest BCUT2D eigenvalue weighted by Crippen LogP contribution is 2.07. The first-order chi connectivity index (χ1) is 5.70. The first kappa shape index (κ1) is 11.4. The smallest absolute Gasteiger partial charge is 0.156 e. The molecule has 2 heteroatoms. The molecule has 0 aliphatic carbocycles. The van der Waals surface area contributed by atoms with Crippen molar-refractivity contribution in [1.29, 1.82) is 0 Å². The second-order valence-electron chi connectivity index (χ2n) is 2.79. The first-order valence-electron chi connectivity index (χ1n) is 4.61. The summed E-state index contributed by atoms with van der Waals surface area (Å²) < 4.78 is 0. The Balaban J connectivity index is 0.000000561. The highest BCUT2D eigenvalue weighted by Gasteiger charge is 2.15. The molecule has 1 heterocycles. The Hall–Kier alpha value is -0.630. The van der Waals surface area contributed by atoms with Crippen LogP contribution >= 0.6 is 0 Å². The lowest BCUT2D eigenvalue weighted by molar-refractivity contribution is -0.113. The van der Waals surface area contributed by atoms with E-state index >= 15 is 0 Å². The first-order valence-corrected chi connectivity index (χ1v) is 4.61. The number of ketones is 1. The van der Waals surface area contributed by atoms with Gasteiger partial charge in [-0.3, -0.25) is 9.69 Å². The maximum absolute atomic E-state index is 10.7. The average molecular weight is 169 g/mol. The van der Waals surface area contributed by atoms with Gasteiger partial charge in [0.05, 0.1) is 0 Å². The molecule has 1 aliphatic heterocycles. The lowest BCUT2D eigenvalue weighted by atomic mass is 10.1. The van der Waals surface area contributed by atoms with Crippen molar-refractivity contribution in [2.45, 2.75) is 27.2 Å². The average Bonchev–Trinajstić information content (AvgIpc) is 2.00. The van der Waals surface area contributed by atoms with Gasteiger partial charge in [-0.2, -0.15) is 0 Å². The lowest BCUT2D eigenvalue weighted by Crippen LogP contribution is -2.38. The molecule has 0 atom stereocenters. The van der Waals surface area contributed by atoms with E-state index < -0.39 is 0 Å². The summed E-state index contributed by atoms with van der Waals surface area (Å²) in [5.41, 5.74) is 0.736. The monoisotopic (exact) mass is 169 g/mol. The summed E-state index contributed by atoms with van der Waals surface area (Å²) in [4.78, 5) is 12.9. The quantitative estimate of drug-likeness (QED) is 0.601. The summed E-state index contributed by atoms with van der Waals surface area (Å²) in [5.74, 6) is 0.118. The van der Waals surface area contributed by atoms with Gasteiger partial charge in [-0.25, -0.2) is 0 Å². The topological polar surface area (TPSA) is 20.3 Å². The highest BCUT2D eigenvalue weighted by molar-refractivity contribution is 5.92. The second kappa shape index (κ2) is 5.95. The molecule has 12 heavy (non-hydrogen) atoms. The number of nitrogens with zero attached hydrogens (tertiary/aromatic N) is 1. The molecule has 70 valence electrons. The third kappa shape index (κ3) is 3.67. The van der Waals surface area contributed by atoms with E-state index in [4.69, 9.17) is 0 Å². The molecule has 0 aromatic carbocycles. The zero-order valence-electron chi connectivity index (χ0n) is 8.39. The Morgan fingerprint density at radius 1 is 1.42 bits per heavy atom. The van der Waals surface area contributed by atoms with E-state index in [1.807, 2.05) is 13.8 Å². The molecule has 2 nitrogen and oxygen atoms in total. The van der Waals surface area contributed by atoms with Gasteiger partial charge in [0.25, 0.3) is 0 Å². The predicted octanol–water partition coefficient (Wildman–Crippen LogP) is 1.86. The van der Waals surface area contributed by atoms with Gasteiger partial charge < -0.3 is 0 Å². The van der Waals surface area contributed by atoms with Crippen LogP contribution in [0.4, 0.5) is 0 Å². The van der Waals surface area contributed by atoms with Crippen molar-refractivity contribution in [3.05, 3.63) is 12.2 Å². The summed E-state index contributed by atoms with van der Waals surface area (Å²) in [5, 5.41) is 0. The van der Waals surface area contributed by atoms with E-state index in [-0.39, 0.29) is 5.78 Å². The van der Waals surface area contributed by atoms with Gasteiger partial charge in [0.1, 0.15) is 0 Å². The molecule has 0 spiro atoms. The van der Waals surface area contributed by atoms with Crippen molar-refractivity contribution in [2.24, 2.45) is 0 Å². The molecule has 0 aromatic rings. The van der Waals surface area contributed by atoms with Crippen molar-refractivity contribution >= 4 is 5.78 Å². The van der Waals surface area contributed by atoms with Crippen LogP contribution in [0, 0.1) is 0 Å². The molecule has 1 aliphatic rings. The highest BCUT2D eigenvalue weighted by atomic mass is 16.1. The van der Waals surface area contributed by atoms with Crippen LogP contribution in [0.1, 0.15) is 27.2 Å². The van der Waals surface area contributed by atoms with Gasteiger partial charge in [-0.1, -0.05) is 20.4 Å². The van der Waals surface area contributed by atoms with Gasteiger partial charge in [-0.05, 0) is 26.4 Å². The summed E-state index contributed by atoms with van der Waals surface area (Å²) in [6, 6.07) is 0. The van der Waals surface area contributed by atoms with Crippen LogP contribution in [-0.4, -0.2) is 30.3 Å². The maximum Gasteiger partial charge on any atom is 0.156 e. The van der Waals surface area contributed by atoms with Crippen LogP contribution in [0.5, 0.6) is 0 Å². The van der Waals surface area contributed by atoms with E-state index in [0.717, 1.165) is 25.2 Å². The van der Waals surface area contributed by atoms with Gasteiger partial charge in [-0.15, -0.1) is 0 Å². The summed E-state index contributed by atoms with van der Waals surface area (Å²) >= 11 is 0. The Morgan fingerprint density at radius 3 is 2.17 bits per heavy atom. The molecule has 1 rings (SSSR count). The number of Topliss-reactive ketones (excluding diaryl/α,β-unsaturated/α-hetero) is 1. The zero-order valence-corrected chi connectivity index (χ0v) is 8.39. The molecular weight excluding hydrogens is 150 g/mol. The van der Waals surface area contributed by atoms with E-state index in [0.29, 0.717) is 0 Å². The molecule has 0 bridgehead atoms. The number of carbonyl (C=O) groups is 1. The van der Waals surface area contributed by atoms with Gasteiger partial charge in [0, 0.05) is 12.1 Å². The fraction of sp³-hybridized carbons (Fsp3) is 0.700. The molecule has 0 N–H and O–H groups in total. The van der Waals surface area contributed by atoms with Crippen LogP contribution in [0.25, 0.3) is 0 Å². The third-order valence-corrected chi connectivity index (χ3v) is 1.86. The van der Waals surface area contributed by atoms with Gasteiger partial charge in [0.15, 0.2) is 5.78 Å². The molecule has 0 saturated carbocycles. The molecule has 0 aromatic heterocycles. The van der Waals surface area contributed by atoms with Crippen LogP contribution in [0.15, 0.2) is 12.2 Å². The summed E-state index contributed by atoms with van der Waals surface area (Å²) in [6.45, 7) is 12.3. The van der Waals surface area contributed by atoms with Crippen molar-refractivity contribution < 1.29 is 4.79 Å². The van der Waals surface area contributed by atoms with Crippen LogP contribution in [0.3, 0.4) is 0 Å². The van der Waals surface area contributed by atoms with Crippen LogP contribution in [0.2, 0.25) is 0 Å². The van der Waals surface area contributed by atoms with Crippen molar-refractivity contribution in [3.63, 3.8) is 0 Å². The number of carbonyl (C=O) groups excluding carboxylic acids is 1. The Kier molecular flexibility index (Phi) is 5.64. The van der Waals surface area contributed by atoms with E-state index in [2.05, 4.69) is 11.5 Å². The minimum Gasteiger partial charge on any atom is -0.299 e. The molecule has 1 saturated heterocycles. The van der Waals surface area contributed by atoms with Crippen LogP contribution in [-0.2, 0) is 4.79 Å². The summed E-state index contributed by atoms with van der Waals surface area (Å²) in [6.07, 6.45) is 1.27. The fourth-order valence-electron chi connectivity index (χ4n) is 0.921. The zero-order chi connectivity index (χ0) is 9.56. The molecule has 0 radical (unpaired) electrons. The summed E-state index contributed by atoms with van der Waals surface area (Å²) in [7, 11) is 0. The molecule has 1 fully saturated rings. The normalized spacial score (nSPS) is 15.6. The van der Waals surface area contributed by atoms with E-state index in [1.54, 1.807) is 6.92 Å². The Bertz CT molecular complexity index is 159. The SMILES string of the molecule is C=C(CN1CCC1)C(C)=O.CC. The van der Waals surface area contributed by atoms with Crippen LogP contribution < -0.4 is 0 Å². The van der Waals surface area contributed by atoms with Crippen molar-refractivity contribution in [2.75, 3.05) is 19.6 Å². The van der Waals surface area contributed by atoms with Crippen molar-refractivity contribution in [1.82, 2.24) is 4.90 Å². The molecular formula is C10H19NO. The maximum atomic E-state index is 10.7. The van der Waals surface area contributed by atoms with Gasteiger partial charge >= 0.3 is 0 Å². The number of hydrogen-bond donors (Lipinski definition) is 0. The second-order valence-corrected chi connectivity index (χ2v) is 2.79. The van der Waals surface area contributed by atoms with Crippen molar-refractivity contribution in [3.8, 4) is 0 Å². The molecule has 0 amide bonds. The fourth-order valence-corrected chi connectivity index (χ4v) is 0.921. The third-order valence-electron chi connectivity index (χ3n) is 1.86. The minimum absolute atomic E-state index is 0.118. The van der Waals surface area contributed by atoms with E-state index in [1.165, 1.54) is 6.42 Å². The number of hydrogen-bond acceptors (Lipinski definition) is 2. The lowest BCUT2D eigenvalue weighted by Gasteiger charge is -2.30. The van der Waals surface area contributed by atoms with E-state index in [9.17, 15) is 4.79 Å². The standard InChI is InChI=1S/C8H13NO.C2H6/c1-7(8(2)10)6-9-4-3-5-9;1-2/h1,3-6H2,2H3;1-2H3. The Labute approximate surface area is 75.3 Å². The number of likely N-dealkylation sites (tertiary alicyclic amines) is 1. The molecule has 0 unspecified atom stereocenters. The largest absolute Gasteiger partial charge is 0.299 e. The predicted molar refractivity (Wildman–Crippen MR) is 52.2 cm³/mol. The van der Waals surface area contributed by atoms with Gasteiger partial charge in [0.2, 0.25) is 0 Å². The number of rotatable bonds is 3. The minimum atomic E-state index is 0.118.